The second-order valence-corrected chi connectivity index (χ2v) is 11.4. The Bertz CT molecular complexity index is 1120. The molecular weight excluding hydrogens is 540 g/mol. The molecule has 0 radical (unpaired) electrons. The Morgan fingerprint density at radius 3 is 2.15 bits per heavy atom. The fraction of sp³-hybridized carbons (Fsp3) is 0.692. The standard InChI is InChI=1S/C26H33ClO12/c1-10-7-8-15(36-12(3)28)24(6)18(25(9-35-25)20(32)17(19(24)31)37-13(4)29)22(38-14(5)30)26(34)11(2)23(33)39-21(26)16(10)27/h7-8,11,15-22,31-32,34H,1,9H2,2-6H3/b8-7-/t11-,15-,16-,17+,18+,19-,20+,21-,22-,24+,25-,26-/m0/s1. The molecule has 2 saturated heterocycles. The van der Waals surface area contributed by atoms with Gasteiger partial charge in [-0.1, -0.05) is 19.6 Å². The van der Waals surface area contributed by atoms with Crippen LogP contribution in [0.25, 0.3) is 0 Å². The van der Waals surface area contributed by atoms with Crippen LogP contribution in [0.3, 0.4) is 0 Å². The Kier molecular flexibility index (Phi) is 7.44. The number of hydrogen-bond donors (Lipinski definition) is 3. The first-order chi connectivity index (χ1) is 18.0. The SMILES string of the molecule is C=C1/C=C\[C@H](OC(C)=O)[C@@]2(C)[C@@H](O)[C@@H](OC(C)=O)[C@@H](O)[C@]3(CO3)[C@@H]2[C@H](OC(C)=O)[C@]2(O)[C@@H](C)C(=O)O[C@H]2[C@H]1Cl. The van der Waals surface area contributed by atoms with Crippen molar-refractivity contribution >= 4 is 35.5 Å². The van der Waals surface area contributed by atoms with Gasteiger partial charge >= 0.3 is 23.9 Å². The number of ether oxygens (including phenoxy) is 5. The summed E-state index contributed by atoms with van der Waals surface area (Å²) in [5.74, 6) is -5.94. The molecule has 4 rings (SSSR count). The molecule has 1 saturated carbocycles. The minimum atomic E-state index is -2.33. The van der Waals surface area contributed by atoms with E-state index in [0.717, 1.165) is 20.8 Å². The molecular formula is C26H33ClO12. The number of aliphatic hydroxyl groups excluding tert-OH is 2. The van der Waals surface area contributed by atoms with Crippen LogP contribution in [0.5, 0.6) is 0 Å². The topological polar surface area (TPSA) is 178 Å². The normalized spacial score (nSPS) is 47.8. The highest BCUT2D eigenvalue weighted by Crippen LogP contribution is 2.62. The Labute approximate surface area is 229 Å². The number of halogens is 1. The van der Waals surface area contributed by atoms with E-state index in [1.165, 1.54) is 26.0 Å². The number of carbonyl (C=O) groups is 4. The lowest BCUT2D eigenvalue weighted by Gasteiger charge is -2.58. The average Bonchev–Trinajstić information content (AvgIpc) is 3.60. The first-order valence-electron chi connectivity index (χ1n) is 12.5. The van der Waals surface area contributed by atoms with E-state index in [-0.39, 0.29) is 12.2 Å². The van der Waals surface area contributed by atoms with Crippen LogP contribution in [0, 0.1) is 17.3 Å². The summed E-state index contributed by atoms with van der Waals surface area (Å²) in [5, 5.41) is 34.3. The zero-order valence-corrected chi connectivity index (χ0v) is 22.9. The van der Waals surface area contributed by atoms with E-state index in [2.05, 4.69) is 6.58 Å². The van der Waals surface area contributed by atoms with Gasteiger partial charge in [0.25, 0.3) is 0 Å². The minimum Gasteiger partial charge on any atom is -0.459 e. The zero-order chi connectivity index (χ0) is 29.2. The van der Waals surface area contributed by atoms with E-state index < -0.39 is 94.3 Å². The van der Waals surface area contributed by atoms with Crippen molar-refractivity contribution in [3.05, 3.63) is 24.3 Å². The molecule has 39 heavy (non-hydrogen) atoms. The van der Waals surface area contributed by atoms with Crippen molar-refractivity contribution in [1.82, 2.24) is 0 Å². The van der Waals surface area contributed by atoms with Crippen molar-refractivity contribution in [2.45, 2.75) is 87.8 Å². The predicted molar refractivity (Wildman–Crippen MR) is 131 cm³/mol. The number of rotatable bonds is 3. The van der Waals surface area contributed by atoms with Crippen LogP contribution in [-0.4, -0.2) is 99.0 Å². The summed E-state index contributed by atoms with van der Waals surface area (Å²) in [6.07, 6.45) is -6.74. The maximum Gasteiger partial charge on any atom is 0.312 e. The second kappa shape index (κ2) is 9.84. The van der Waals surface area contributed by atoms with Crippen molar-refractivity contribution in [1.29, 1.82) is 0 Å². The molecule has 0 bridgehead atoms. The highest BCUT2D eigenvalue weighted by molar-refractivity contribution is 6.23. The van der Waals surface area contributed by atoms with Crippen LogP contribution in [0.1, 0.15) is 34.6 Å². The van der Waals surface area contributed by atoms with Gasteiger partial charge in [-0.2, -0.15) is 0 Å². The van der Waals surface area contributed by atoms with Gasteiger partial charge in [0.15, 0.2) is 17.8 Å². The van der Waals surface area contributed by atoms with Gasteiger partial charge in [0, 0.05) is 32.1 Å². The van der Waals surface area contributed by atoms with E-state index >= 15 is 0 Å². The summed E-state index contributed by atoms with van der Waals surface area (Å²) in [4.78, 5) is 49.7. The molecule has 2 heterocycles. The molecule has 4 aliphatic rings. The molecule has 2 aliphatic heterocycles. The third-order valence-electron chi connectivity index (χ3n) is 8.55. The van der Waals surface area contributed by atoms with Gasteiger partial charge < -0.3 is 39.0 Å². The van der Waals surface area contributed by atoms with Crippen molar-refractivity contribution in [2.24, 2.45) is 17.3 Å². The molecule has 0 aromatic rings. The summed E-state index contributed by atoms with van der Waals surface area (Å²) in [6.45, 7) is 9.86. The lowest BCUT2D eigenvalue weighted by atomic mass is 9.51. The van der Waals surface area contributed by atoms with E-state index in [9.17, 15) is 34.5 Å². The lowest BCUT2D eigenvalue weighted by molar-refractivity contribution is -0.274. The highest BCUT2D eigenvalue weighted by Gasteiger charge is 2.79. The summed E-state index contributed by atoms with van der Waals surface area (Å²) in [7, 11) is 0. The van der Waals surface area contributed by atoms with Crippen molar-refractivity contribution in [3.8, 4) is 0 Å². The molecule has 216 valence electrons. The van der Waals surface area contributed by atoms with Gasteiger partial charge in [0.1, 0.15) is 30.0 Å². The molecule has 0 aromatic carbocycles. The summed E-state index contributed by atoms with van der Waals surface area (Å²) >= 11 is 6.66. The third-order valence-corrected chi connectivity index (χ3v) is 9.05. The smallest absolute Gasteiger partial charge is 0.312 e. The Balaban J connectivity index is 2.07. The number of hydrogen-bond acceptors (Lipinski definition) is 12. The highest BCUT2D eigenvalue weighted by atomic mass is 35.5. The number of esters is 4. The molecule has 0 aromatic heterocycles. The molecule has 0 unspecified atom stereocenters. The van der Waals surface area contributed by atoms with E-state index in [1.807, 2.05) is 0 Å². The molecule has 3 N–H and O–H groups in total. The van der Waals surface area contributed by atoms with Crippen molar-refractivity contribution in [3.63, 3.8) is 0 Å². The van der Waals surface area contributed by atoms with Crippen LogP contribution in [0.4, 0.5) is 0 Å². The number of aliphatic hydroxyl groups is 3. The largest absolute Gasteiger partial charge is 0.459 e. The average molecular weight is 573 g/mol. The number of carbonyl (C=O) groups excluding carboxylic acids is 4. The van der Waals surface area contributed by atoms with Gasteiger partial charge in [-0.25, -0.2) is 0 Å². The van der Waals surface area contributed by atoms with Gasteiger partial charge in [-0.15, -0.1) is 11.6 Å². The summed E-state index contributed by atoms with van der Waals surface area (Å²) in [5.41, 5.74) is -5.63. The van der Waals surface area contributed by atoms with E-state index in [0.29, 0.717) is 0 Å². The van der Waals surface area contributed by atoms with E-state index in [1.54, 1.807) is 0 Å². The van der Waals surface area contributed by atoms with Gasteiger partial charge in [-0.3, -0.25) is 19.2 Å². The van der Waals surface area contributed by atoms with Crippen LogP contribution in [0.15, 0.2) is 24.3 Å². The van der Waals surface area contributed by atoms with Crippen LogP contribution in [0.2, 0.25) is 0 Å². The minimum absolute atomic E-state index is 0.155. The molecule has 12 nitrogen and oxygen atoms in total. The predicted octanol–water partition coefficient (Wildman–Crippen LogP) is -0.0656. The number of alkyl halides is 1. The summed E-state index contributed by atoms with van der Waals surface area (Å²) in [6, 6.07) is 0. The Hall–Kier alpha value is -2.51. The monoisotopic (exact) mass is 572 g/mol. The molecule has 1 spiro atoms. The third kappa shape index (κ3) is 4.37. The molecule has 13 heteroatoms. The van der Waals surface area contributed by atoms with Crippen LogP contribution >= 0.6 is 11.6 Å². The zero-order valence-electron chi connectivity index (χ0n) is 22.2. The molecule has 0 amide bonds. The second-order valence-electron chi connectivity index (χ2n) is 10.9. The molecule has 2 aliphatic carbocycles. The number of allylic oxidation sites excluding steroid dienone is 1. The first kappa shape index (κ1) is 29.5. The molecule has 12 atom stereocenters. The maximum atomic E-state index is 12.9. The number of epoxide rings is 1. The quantitative estimate of drug-likeness (QED) is 0.178. The van der Waals surface area contributed by atoms with Gasteiger partial charge in [0.05, 0.1) is 17.9 Å². The summed E-state index contributed by atoms with van der Waals surface area (Å²) < 4.78 is 28.0. The fourth-order valence-electron chi connectivity index (χ4n) is 6.50. The maximum absolute atomic E-state index is 12.9. The van der Waals surface area contributed by atoms with Gasteiger partial charge in [-0.05, 0) is 18.6 Å². The Morgan fingerprint density at radius 1 is 1.08 bits per heavy atom. The van der Waals surface area contributed by atoms with E-state index in [4.69, 9.17) is 35.3 Å². The van der Waals surface area contributed by atoms with Gasteiger partial charge in [0.2, 0.25) is 0 Å². The fourth-order valence-corrected chi connectivity index (χ4v) is 6.82. The van der Waals surface area contributed by atoms with Crippen LogP contribution < -0.4 is 0 Å². The van der Waals surface area contributed by atoms with Crippen molar-refractivity contribution in [2.75, 3.05) is 6.61 Å². The van der Waals surface area contributed by atoms with Crippen molar-refractivity contribution < 1.29 is 58.2 Å². The molecule has 3 fully saturated rings. The first-order valence-corrected chi connectivity index (χ1v) is 12.9. The van der Waals surface area contributed by atoms with Crippen LogP contribution in [-0.2, 0) is 42.9 Å². The Morgan fingerprint density at radius 2 is 1.64 bits per heavy atom. The number of fused-ring (bicyclic) bond motifs is 3. The lowest BCUT2D eigenvalue weighted by Crippen LogP contribution is -2.75.